The molecule has 1 aromatic carbocycles. The van der Waals surface area contributed by atoms with Gasteiger partial charge in [-0.15, -0.1) is 0 Å². The van der Waals surface area contributed by atoms with Crippen LogP contribution in [0.5, 0.6) is 5.88 Å². The standard InChI is InChI=1S/C30H30N8O8S2/c1-30(2,3)46-29(42)35-16-24(39)32-12-17-8-19(13-31-11-17)23-15-34-28-38(23)36-26(47-28)20-10-22(25(45-4)33-14-20)37-48(43,44)21-7-5-6-18(9-21)27(40)41/h5-11,13-15,37H,12,16H2,1-4H3,(H,32,39)(H,35,42)(H,40,41). The van der Waals surface area contributed by atoms with Crippen molar-refractivity contribution in [2.24, 2.45) is 0 Å². The van der Waals surface area contributed by atoms with Gasteiger partial charge in [0.05, 0.1) is 29.5 Å². The SMILES string of the molecule is COc1ncc(-c2nn3c(-c4cncc(CNC(=O)CNC(=O)OC(C)(C)C)c4)cnc3s2)cc1NS(=O)(=O)c1cccc(C(=O)O)c1. The molecule has 0 aliphatic rings. The topological polar surface area (TPSA) is 216 Å². The maximum atomic E-state index is 13.1. The molecule has 4 aromatic heterocycles. The third-order valence-corrected chi connectivity index (χ3v) is 8.72. The molecule has 250 valence electrons. The molecular weight excluding hydrogens is 665 g/mol. The molecule has 0 fully saturated rings. The van der Waals surface area contributed by atoms with Gasteiger partial charge in [0.15, 0.2) is 0 Å². The highest BCUT2D eigenvalue weighted by molar-refractivity contribution is 7.92. The van der Waals surface area contributed by atoms with Crippen LogP contribution in [0.2, 0.25) is 0 Å². The minimum absolute atomic E-state index is 0.00524. The average molecular weight is 695 g/mol. The van der Waals surface area contributed by atoms with Crippen LogP contribution in [0.3, 0.4) is 0 Å². The molecule has 0 saturated heterocycles. The van der Waals surface area contributed by atoms with Crippen LogP contribution >= 0.6 is 11.3 Å². The van der Waals surface area contributed by atoms with Gasteiger partial charge in [-0.1, -0.05) is 17.4 Å². The smallest absolute Gasteiger partial charge is 0.408 e. The second-order valence-corrected chi connectivity index (χ2v) is 13.8. The maximum Gasteiger partial charge on any atom is 0.408 e. The molecular formula is C30H30N8O8S2. The molecule has 0 saturated carbocycles. The van der Waals surface area contributed by atoms with Crippen LogP contribution < -0.4 is 20.1 Å². The number of methoxy groups -OCH3 is 1. The molecule has 5 aromatic rings. The third kappa shape index (κ3) is 8.02. The fourth-order valence-corrected chi connectivity index (χ4v) is 6.21. The van der Waals surface area contributed by atoms with Gasteiger partial charge in [-0.05, 0) is 56.7 Å². The maximum absolute atomic E-state index is 13.1. The summed E-state index contributed by atoms with van der Waals surface area (Å²) in [7, 11) is -2.87. The van der Waals surface area contributed by atoms with Gasteiger partial charge in [0.2, 0.25) is 16.7 Å². The molecule has 4 heterocycles. The molecule has 0 aliphatic heterocycles. The fraction of sp³-hybridized carbons (Fsp3) is 0.233. The predicted octanol–water partition coefficient (Wildman–Crippen LogP) is 3.56. The first-order chi connectivity index (χ1) is 22.7. The Bertz CT molecular complexity index is 2120. The summed E-state index contributed by atoms with van der Waals surface area (Å²) in [5, 5.41) is 19.5. The lowest BCUT2D eigenvalue weighted by Crippen LogP contribution is -2.39. The largest absolute Gasteiger partial charge is 0.480 e. The number of carbonyl (C=O) groups is 3. The number of pyridine rings is 2. The van der Waals surface area contributed by atoms with E-state index in [1.165, 1.54) is 48.9 Å². The van der Waals surface area contributed by atoms with Gasteiger partial charge >= 0.3 is 12.1 Å². The summed E-state index contributed by atoms with van der Waals surface area (Å²) in [6.45, 7) is 5.06. The summed E-state index contributed by atoms with van der Waals surface area (Å²) in [5.74, 6) is -1.68. The van der Waals surface area contributed by atoms with E-state index < -0.39 is 33.6 Å². The number of benzene rings is 1. The van der Waals surface area contributed by atoms with Gasteiger partial charge < -0.3 is 25.2 Å². The molecule has 4 N–H and O–H groups in total. The van der Waals surface area contributed by atoms with Gasteiger partial charge in [-0.2, -0.15) is 5.10 Å². The average Bonchev–Trinajstić information content (AvgIpc) is 3.63. The number of rotatable bonds is 11. The Morgan fingerprint density at radius 1 is 1.00 bits per heavy atom. The highest BCUT2D eigenvalue weighted by atomic mass is 32.2. The monoisotopic (exact) mass is 694 g/mol. The van der Waals surface area contributed by atoms with Crippen molar-refractivity contribution in [1.82, 2.24) is 35.2 Å². The zero-order valence-corrected chi connectivity index (χ0v) is 27.7. The van der Waals surface area contributed by atoms with Crippen LogP contribution in [0.15, 0.2) is 66.1 Å². The number of carboxylic acids is 1. The Kier molecular flexibility index (Phi) is 9.57. The third-order valence-electron chi connectivity index (χ3n) is 6.38. The van der Waals surface area contributed by atoms with Crippen molar-refractivity contribution < 1.29 is 37.4 Å². The second kappa shape index (κ2) is 13.6. The van der Waals surface area contributed by atoms with E-state index in [4.69, 9.17) is 9.47 Å². The molecule has 0 unspecified atom stereocenters. The molecule has 18 heteroatoms. The second-order valence-electron chi connectivity index (χ2n) is 11.2. The van der Waals surface area contributed by atoms with E-state index in [1.807, 2.05) is 6.07 Å². The number of nitrogens with zero attached hydrogens (tertiary/aromatic N) is 5. The van der Waals surface area contributed by atoms with Gasteiger partial charge in [-0.3, -0.25) is 14.5 Å². The number of fused-ring (bicyclic) bond motifs is 1. The van der Waals surface area contributed by atoms with Crippen molar-refractivity contribution >= 4 is 50.0 Å². The molecule has 0 bridgehead atoms. The van der Waals surface area contributed by atoms with E-state index in [-0.39, 0.29) is 35.1 Å². The number of nitrogens with one attached hydrogen (secondary N) is 3. The van der Waals surface area contributed by atoms with E-state index >= 15 is 0 Å². The molecule has 48 heavy (non-hydrogen) atoms. The Balaban J connectivity index is 1.33. The number of carboxylic acid groups (broad SMARTS) is 1. The number of hydrogen-bond acceptors (Lipinski definition) is 12. The van der Waals surface area contributed by atoms with Crippen molar-refractivity contribution in [2.45, 2.75) is 37.8 Å². The Labute approximate surface area is 278 Å². The minimum Gasteiger partial charge on any atom is -0.480 e. The molecule has 0 atom stereocenters. The van der Waals surface area contributed by atoms with Crippen molar-refractivity contribution in [3.05, 3.63) is 72.3 Å². The summed E-state index contributed by atoms with van der Waals surface area (Å²) in [5.41, 5.74) is 1.58. The molecule has 0 spiro atoms. The molecule has 0 aliphatic carbocycles. The molecule has 5 rings (SSSR count). The number of amides is 2. The highest BCUT2D eigenvalue weighted by Crippen LogP contribution is 2.33. The highest BCUT2D eigenvalue weighted by Gasteiger charge is 2.21. The number of alkyl carbamates (subject to hydrolysis) is 1. The minimum atomic E-state index is -4.21. The molecule has 0 radical (unpaired) electrons. The van der Waals surface area contributed by atoms with Crippen molar-refractivity contribution in [3.8, 4) is 27.7 Å². The Morgan fingerprint density at radius 3 is 2.52 bits per heavy atom. The van der Waals surface area contributed by atoms with Gasteiger partial charge in [0.25, 0.3) is 10.0 Å². The van der Waals surface area contributed by atoms with Gasteiger partial charge in [0, 0.05) is 36.3 Å². The van der Waals surface area contributed by atoms with E-state index in [1.54, 1.807) is 43.9 Å². The quantitative estimate of drug-likeness (QED) is 0.156. The number of aromatic carboxylic acids is 1. The van der Waals surface area contributed by atoms with Crippen LogP contribution in [0, 0.1) is 0 Å². The number of hydrogen-bond donors (Lipinski definition) is 4. The Hall–Kier alpha value is -5.62. The first-order valence-electron chi connectivity index (χ1n) is 14.2. The van der Waals surface area contributed by atoms with Crippen LogP contribution in [0.4, 0.5) is 10.5 Å². The number of aromatic nitrogens is 5. The van der Waals surface area contributed by atoms with Crippen LogP contribution in [0.1, 0.15) is 36.7 Å². The van der Waals surface area contributed by atoms with Crippen molar-refractivity contribution in [1.29, 1.82) is 0 Å². The van der Waals surface area contributed by atoms with Crippen LogP contribution in [0.25, 0.3) is 26.8 Å². The predicted molar refractivity (Wildman–Crippen MR) is 174 cm³/mol. The molecule has 2 amide bonds. The van der Waals surface area contributed by atoms with E-state index in [2.05, 4.69) is 35.4 Å². The first-order valence-corrected chi connectivity index (χ1v) is 16.5. The molecule has 16 nitrogen and oxygen atoms in total. The van der Waals surface area contributed by atoms with Gasteiger partial charge in [0.1, 0.15) is 22.8 Å². The lowest BCUT2D eigenvalue weighted by molar-refractivity contribution is -0.120. The van der Waals surface area contributed by atoms with Crippen molar-refractivity contribution in [3.63, 3.8) is 0 Å². The number of sulfonamides is 1. The first kappa shape index (κ1) is 33.7. The Morgan fingerprint density at radius 2 is 1.79 bits per heavy atom. The fourth-order valence-electron chi connectivity index (χ4n) is 4.27. The summed E-state index contributed by atoms with van der Waals surface area (Å²) in [4.78, 5) is 48.7. The number of anilines is 1. The van der Waals surface area contributed by atoms with Gasteiger partial charge in [-0.25, -0.2) is 32.5 Å². The van der Waals surface area contributed by atoms with Crippen LogP contribution in [-0.2, 0) is 26.1 Å². The number of ether oxygens (including phenoxy) is 2. The van der Waals surface area contributed by atoms with Crippen LogP contribution in [-0.4, -0.2) is 75.3 Å². The number of carbonyl (C=O) groups excluding carboxylic acids is 2. The summed E-state index contributed by atoms with van der Waals surface area (Å²) < 4.78 is 40.7. The summed E-state index contributed by atoms with van der Waals surface area (Å²) >= 11 is 1.23. The zero-order valence-electron chi connectivity index (χ0n) is 26.0. The van der Waals surface area contributed by atoms with E-state index in [0.29, 0.717) is 32.4 Å². The summed E-state index contributed by atoms with van der Waals surface area (Å²) in [6, 6.07) is 8.27. The normalized spacial score (nSPS) is 11.6. The number of imidazole rings is 1. The lowest BCUT2D eigenvalue weighted by Gasteiger charge is -2.19. The van der Waals surface area contributed by atoms with Crippen molar-refractivity contribution in [2.75, 3.05) is 18.4 Å². The lowest BCUT2D eigenvalue weighted by atomic mass is 10.1. The zero-order chi connectivity index (χ0) is 34.6. The summed E-state index contributed by atoms with van der Waals surface area (Å²) in [6.07, 6.45) is 5.63. The van der Waals surface area contributed by atoms with E-state index in [9.17, 15) is 27.9 Å². The van der Waals surface area contributed by atoms with E-state index in [0.717, 1.165) is 6.07 Å².